The fourth-order valence-electron chi connectivity index (χ4n) is 1.14. The standard InChI is InChI=1S/C10H12N2O5S/c1-17-9(16)3-5-12-4-2-7(13)11-10(12)18-6-8(14)15/h2,4H,3,5-6H2,1H3,(H,14,15). The van der Waals surface area contributed by atoms with Crippen LogP contribution in [0.2, 0.25) is 0 Å². The number of carbonyl (C=O) groups is 2. The summed E-state index contributed by atoms with van der Waals surface area (Å²) in [4.78, 5) is 36.3. The van der Waals surface area contributed by atoms with Crippen molar-refractivity contribution in [2.75, 3.05) is 12.9 Å². The number of rotatable bonds is 6. The summed E-state index contributed by atoms with van der Waals surface area (Å²) in [5.74, 6) is -1.59. The van der Waals surface area contributed by atoms with E-state index in [1.54, 1.807) is 4.57 Å². The number of aromatic nitrogens is 2. The molecule has 0 spiro atoms. The molecule has 8 heteroatoms. The molecule has 1 N–H and O–H groups in total. The topological polar surface area (TPSA) is 98.5 Å². The predicted octanol–water partition coefficient (Wildman–Crippen LogP) is -0.0169. The molecular formula is C10H12N2O5S. The fraction of sp³-hybridized carbons (Fsp3) is 0.400. The summed E-state index contributed by atoms with van der Waals surface area (Å²) in [5.41, 5.74) is -0.447. The molecule has 0 saturated heterocycles. The molecule has 98 valence electrons. The third-order valence-corrected chi connectivity index (χ3v) is 2.93. The number of thioether (sulfide) groups is 1. The van der Waals surface area contributed by atoms with Crippen LogP contribution in [0, 0.1) is 0 Å². The van der Waals surface area contributed by atoms with Gasteiger partial charge in [-0.1, -0.05) is 11.8 Å². The number of carboxylic acid groups (broad SMARTS) is 1. The van der Waals surface area contributed by atoms with Gasteiger partial charge in [0.1, 0.15) is 0 Å². The molecule has 7 nitrogen and oxygen atoms in total. The minimum Gasteiger partial charge on any atom is -0.481 e. The molecule has 0 aliphatic heterocycles. The van der Waals surface area contributed by atoms with E-state index in [1.807, 2.05) is 0 Å². The number of aryl methyl sites for hydroxylation is 1. The number of nitrogens with zero attached hydrogens (tertiary/aromatic N) is 2. The van der Waals surface area contributed by atoms with Crippen molar-refractivity contribution in [1.82, 2.24) is 9.55 Å². The molecular weight excluding hydrogens is 260 g/mol. The van der Waals surface area contributed by atoms with Crippen molar-refractivity contribution in [2.24, 2.45) is 0 Å². The van der Waals surface area contributed by atoms with Crippen molar-refractivity contribution < 1.29 is 19.4 Å². The van der Waals surface area contributed by atoms with Crippen molar-refractivity contribution in [3.05, 3.63) is 22.6 Å². The first-order valence-corrected chi connectivity index (χ1v) is 6.00. The second kappa shape index (κ2) is 6.80. The van der Waals surface area contributed by atoms with Gasteiger partial charge in [0.2, 0.25) is 0 Å². The number of carbonyl (C=O) groups excluding carboxylic acids is 1. The van der Waals surface area contributed by atoms with Crippen molar-refractivity contribution in [3.8, 4) is 0 Å². The maximum atomic E-state index is 11.1. The zero-order chi connectivity index (χ0) is 13.5. The van der Waals surface area contributed by atoms with Crippen LogP contribution in [0.1, 0.15) is 6.42 Å². The van der Waals surface area contributed by atoms with Gasteiger partial charge < -0.3 is 14.4 Å². The van der Waals surface area contributed by atoms with Crippen LogP contribution in [0.4, 0.5) is 0 Å². The number of ether oxygens (including phenoxy) is 1. The minimum atomic E-state index is -1.00. The maximum absolute atomic E-state index is 11.1. The van der Waals surface area contributed by atoms with E-state index in [1.165, 1.54) is 19.4 Å². The van der Waals surface area contributed by atoms with E-state index < -0.39 is 11.5 Å². The van der Waals surface area contributed by atoms with Crippen LogP contribution >= 0.6 is 11.8 Å². The first-order chi connectivity index (χ1) is 8.52. The van der Waals surface area contributed by atoms with Crippen molar-refractivity contribution in [2.45, 2.75) is 18.1 Å². The average molecular weight is 272 g/mol. The lowest BCUT2D eigenvalue weighted by molar-refractivity contribution is -0.141. The monoisotopic (exact) mass is 272 g/mol. The van der Waals surface area contributed by atoms with Crippen LogP contribution in [0.3, 0.4) is 0 Å². The molecule has 0 radical (unpaired) electrons. The lowest BCUT2D eigenvalue weighted by Crippen LogP contribution is -2.16. The van der Waals surface area contributed by atoms with Crippen LogP contribution in [-0.2, 0) is 20.9 Å². The normalized spacial score (nSPS) is 10.1. The highest BCUT2D eigenvalue weighted by molar-refractivity contribution is 7.99. The molecule has 0 aromatic carbocycles. The smallest absolute Gasteiger partial charge is 0.313 e. The van der Waals surface area contributed by atoms with Gasteiger partial charge in [-0.25, -0.2) is 0 Å². The van der Waals surface area contributed by atoms with E-state index >= 15 is 0 Å². The van der Waals surface area contributed by atoms with Gasteiger partial charge >= 0.3 is 11.9 Å². The highest BCUT2D eigenvalue weighted by Gasteiger charge is 2.08. The van der Waals surface area contributed by atoms with E-state index in [-0.39, 0.29) is 29.8 Å². The molecule has 0 atom stereocenters. The Hall–Kier alpha value is -1.83. The lowest BCUT2D eigenvalue weighted by atomic mass is 10.4. The van der Waals surface area contributed by atoms with Gasteiger partial charge in [0.05, 0.1) is 19.3 Å². The van der Waals surface area contributed by atoms with E-state index in [9.17, 15) is 14.4 Å². The molecule has 0 unspecified atom stereocenters. The molecule has 1 rings (SSSR count). The first kappa shape index (κ1) is 14.2. The second-order valence-corrected chi connectivity index (χ2v) is 4.19. The maximum Gasteiger partial charge on any atom is 0.313 e. The van der Waals surface area contributed by atoms with Crippen LogP contribution in [-0.4, -0.2) is 39.5 Å². The highest BCUT2D eigenvalue weighted by Crippen LogP contribution is 2.13. The van der Waals surface area contributed by atoms with E-state index in [0.717, 1.165) is 11.8 Å². The number of aliphatic carboxylic acids is 1. The van der Waals surface area contributed by atoms with E-state index in [0.29, 0.717) is 0 Å². The van der Waals surface area contributed by atoms with Crippen LogP contribution in [0.25, 0.3) is 0 Å². The Kier molecular flexibility index (Phi) is 5.37. The van der Waals surface area contributed by atoms with Crippen molar-refractivity contribution >= 4 is 23.7 Å². The lowest BCUT2D eigenvalue weighted by Gasteiger charge is -2.09. The van der Waals surface area contributed by atoms with Gasteiger partial charge in [-0.05, 0) is 0 Å². The molecule has 1 aromatic rings. The van der Waals surface area contributed by atoms with Gasteiger partial charge in [-0.15, -0.1) is 0 Å². The molecule has 18 heavy (non-hydrogen) atoms. The van der Waals surface area contributed by atoms with Crippen molar-refractivity contribution in [1.29, 1.82) is 0 Å². The summed E-state index contributed by atoms with van der Waals surface area (Å²) in [7, 11) is 1.28. The predicted molar refractivity (Wildman–Crippen MR) is 63.5 cm³/mol. The van der Waals surface area contributed by atoms with Gasteiger partial charge in [0, 0.05) is 18.8 Å². The summed E-state index contributed by atoms with van der Waals surface area (Å²) in [6.07, 6.45) is 1.60. The third kappa shape index (κ3) is 4.58. The Morgan fingerprint density at radius 1 is 1.56 bits per heavy atom. The summed E-state index contributed by atoms with van der Waals surface area (Å²) in [5, 5.41) is 8.85. The van der Waals surface area contributed by atoms with Crippen LogP contribution in [0.5, 0.6) is 0 Å². The average Bonchev–Trinajstić information content (AvgIpc) is 2.34. The molecule has 0 amide bonds. The summed E-state index contributed by atoms with van der Waals surface area (Å²) >= 11 is 0.929. The Balaban J connectivity index is 2.79. The SMILES string of the molecule is COC(=O)CCn1ccc(=O)nc1SCC(=O)O. The largest absolute Gasteiger partial charge is 0.481 e. The number of esters is 1. The van der Waals surface area contributed by atoms with Gasteiger partial charge in [-0.3, -0.25) is 14.4 Å². The first-order valence-electron chi connectivity index (χ1n) is 5.02. The van der Waals surface area contributed by atoms with Crippen LogP contribution in [0.15, 0.2) is 22.2 Å². The Labute approximate surface area is 107 Å². The van der Waals surface area contributed by atoms with Gasteiger partial charge in [0.25, 0.3) is 5.56 Å². The molecule has 0 aliphatic rings. The minimum absolute atomic E-state index is 0.127. The number of hydrogen-bond donors (Lipinski definition) is 1. The Morgan fingerprint density at radius 3 is 2.89 bits per heavy atom. The molecule has 0 fully saturated rings. The summed E-state index contributed by atoms with van der Waals surface area (Å²) < 4.78 is 6.05. The van der Waals surface area contributed by atoms with E-state index in [2.05, 4.69) is 9.72 Å². The number of hydrogen-bond acceptors (Lipinski definition) is 6. The molecule has 1 heterocycles. The Bertz CT molecular complexity index is 499. The third-order valence-electron chi connectivity index (χ3n) is 1.96. The van der Waals surface area contributed by atoms with Crippen molar-refractivity contribution in [3.63, 3.8) is 0 Å². The number of carboxylic acids is 1. The quantitative estimate of drug-likeness (QED) is 0.441. The molecule has 0 aliphatic carbocycles. The Morgan fingerprint density at radius 2 is 2.28 bits per heavy atom. The van der Waals surface area contributed by atoms with Gasteiger partial charge in [-0.2, -0.15) is 4.98 Å². The molecule has 0 bridgehead atoms. The second-order valence-electron chi connectivity index (χ2n) is 3.25. The zero-order valence-electron chi connectivity index (χ0n) is 9.66. The number of methoxy groups -OCH3 is 1. The van der Waals surface area contributed by atoms with Crippen LogP contribution < -0.4 is 5.56 Å². The van der Waals surface area contributed by atoms with E-state index in [4.69, 9.17) is 5.11 Å². The fourth-order valence-corrected chi connectivity index (χ4v) is 1.86. The zero-order valence-corrected chi connectivity index (χ0v) is 10.5. The summed E-state index contributed by atoms with van der Waals surface area (Å²) in [6.45, 7) is 0.280. The molecule has 0 saturated carbocycles. The molecule has 1 aromatic heterocycles. The highest BCUT2D eigenvalue weighted by atomic mass is 32.2. The van der Waals surface area contributed by atoms with Gasteiger partial charge in [0.15, 0.2) is 5.16 Å². The summed E-state index contributed by atoms with van der Waals surface area (Å²) in [6, 6.07) is 1.25.